The van der Waals surface area contributed by atoms with E-state index in [-0.39, 0.29) is 10.7 Å². The lowest BCUT2D eigenvalue weighted by Gasteiger charge is -2.09. The molecule has 0 saturated heterocycles. The molecule has 0 spiro atoms. The Bertz CT molecular complexity index is 1200. The minimum Gasteiger partial charge on any atom is -0.423 e. The second-order valence-corrected chi connectivity index (χ2v) is 7.97. The first-order valence-electron chi connectivity index (χ1n) is 8.22. The number of nitrogens with one attached hydrogen (secondary N) is 1. The van der Waals surface area contributed by atoms with E-state index in [2.05, 4.69) is 9.71 Å². The third-order valence-corrected chi connectivity index (χ3v) is 5.61. The van der Waals surface area contributed by atoms with Gasteiger partial charge in [0.2, 0.25) is 0 Å². The molecular formula is C20H13ClN2O4S. The monoisotopic (exact) mass is 412 g/mol. The number of carbonyl (C=O) groups is 1. The van der Waals surface area contributed by atoms with E-state index in [0.29, 0.717) is 27.6 Å². The third-order valence-electron chi connectivity index (χ3n) is 4.02. The number of carbonyl (C=O) groups excluding carboxylic acids is 1. The highest BCUT2D eigenvalue weighted by molar-refractivity contribution is 7.90. The molecule has 0 fully saturated rings. The van der Waals surface area contributed by atoms with Gasteiger partial charge in [-0.3, -0.25) is 0 Å². The number of sulfonamides is 1. The third kappa shape index (κ3) is 3.62. The number of hydrogen-bond acceptors (Lipinski definition) is 5. The lowest BCUT2D eigenvalue weighted by molar-refractivity contribution is 0.0735. The van der Waals surface area contributed by atoms with Crippen LogP contribution in [0.25, 0.3) is 0 Å². The largest absolute Gasteiger partial charge is 0.423 e. The number of fused-ring (bicyclic) bond motifs is 1. The highest BCUT2D eigenvalue weighted by Gasteiger charge is 2.28. The van der Waals surface area contributed by atoms with Crippen LogP contribution in [0.15, 0.2) is 82.1 Å². The predicted octanol–water partition coefficient (Wildman–Crippen LogP) is 4.12. The molecule has 1 aliphatic heterocycles. The van der Waals surface area contributed by atoms with Gasteiger partial charge < -0.3 is 10.1 Å². The minimum absolute atomic E-state index is 0.155. The molecule has 1 N–H and O–H groups in total. The lowest BCUT2D eigenvalue weighted by Crippen LogP contribution is -2.12. The molecule has 28 heavy (non-hydrogen) atoms. The Kier molecular flexibility index (Phi) is 4.62. The van der Waals surface area contributed by atoms with Crippen molar-refractivity contribution in [2.75, 3.05) is 5.32 Å². The summed E-state index contributed by atoms with van der Waals surface area (Å²) in [5, 5.41) is 3.50. The molecule has 0 saturated carbocycles. The number of halogens is 1. The summed E-state index contributed by atoms with van der Waals surface area (Å²) in [7, 11) is -3.71. The van der Waals surface area contributed by atoms with Crippen LogP contribution in [0.4, 0.5) is 5.69 Å². The molecule has 3 aromatic rings. The number of benzene rings is 3. The average molecular weight is 413 g/mol. The van der Waals surface area contributed by atoms with E-state index in [9.17, 15) is 13.2 Å². The zero-order valence-electron chi connectivity index (χ0n) is 14.3. The van der Waals surface area contributed by atoms with Crippen molar-refractivity contribution in [3.05, 3.63) is 88.9 Å². The summed E-state index contributed by atoms with van der Waals surface area (Å²) in [5.74, 6) is -0.00332. The van der Waals surface area contributed by atoms with Crippen LogP contribution in [0.1, 0.15) is 15.9 Å². The van der Waals surface area contributed by atoms with Crippen molar-refractivity contribution < 1.29 is 17.9 Å². The summed E-state index contributed by atoms with van der Waals surface area (Å²) >= 11 is 5.82. The van der Waals surface area contributed by atoms with Crippen LogP contribution < -0.4 is 10.1 Å². The Morgan fingerprint density at radius 3 is 2.50 bits per heavy atom. The van der Waals surface area contributed by atoms with Gasteiger partial charge in [0.15, 0.2) is 5.84 Å². The molecule has 1 aliphatic rings. The van der Waals surface area contributed by atoms with Gasteiger partial charge in [0, 0.05) is 22.3 Å². The van der Waals surface area contributed by atoms with Crippen molar-refractivity contribution in [3.63, 3.8) is 0 Å². The molecule has 3 aromatic carbocycles. The topological polar surface area (TPSA) is 84.8 Å². The van der Waals surface area contributed by atoms with Crippen molar-refractivity contribution in [1.29, 1.82) is 0 Å². The first-order chi connectivity index (χ1) is 13.4. The highest BCUT2D eigenvalue weighted by Crippen LogP contribution is 2.27. The second kappa shape index (κ2) is 7.10. The van der Waals surface area contributed by atoms with Crippen LogP contribution >= 0.6 is 11.6 Å². The van der Waals surface area contributed by atoms with Crippen LogP contribution in [-0.2, 0) is 10.0 Å². The van der Waals surface area contributed by atoms with Crippen molar-refractivity contribution >= 4 is 39.1 Å². The van der Waals surface area contributed by atoms with Crippen molar-refractivity contribution in [1.82, 2.24) is 0 Å². The van der Waals surface area contributed by atoms with Crippen LogP contribution in [-0.4, -0.2) is 20.2 Å². The van der Waals surface area contributed by atoms with E-state index < -0.39 is 16.0 Å². The maximum atomic E-state index is 12.2. The van der Waals surface area contributed by atoms with Gasteiger partial charge in [-0.2, -0.15) is 8.42 Å². The SMILES string of the molecule is O=C(Oc1cccc(NC2=NS(=O)(=O)c3ccccc32)c1)c1ccc(Cl)cc1. The smallest absolute Gasteiger partial charge is 0.343 e. The van der Waals surface area contributed by atoms with Crippen LogP contribution in [0.2, 0.25) is 5.02 Å². The minimum atomic E-state index is -3.71. The number of anilines is 1. The number of amidine groups is 1. The van der Waals surface area contributed by atoms with E-state index in [4.69, 9.17) is 16.3 Å². The van der Waals surface area contributed by atoms with Crippen LogP contribution in [0.3, 0.4) is 0 Å². The Morgan fingerprint density at radius 2 is 1.71 bits per heavy atom. The fraction of sp³-hybridized carbons (Fsp3) is 0. The Balaban J connectivity index is 1.55. The molecule has 140 valence electrons. The highest BCUT2D eigenvalue weighted by atomic mass is 35.5. The summed E-state index contributed by atoms with van der Waals surface area (Å²) in [6.45, 7) is 0. The quantitative estimate of drug-likeness (QED) is 0.516. The molecule has 0 atom stereocenters. The Hall–Kier alpha value is -3.16. The summed E-state index contributed by atoms with van der Waals surface area (Å²) < 4.78 is 33.4. The summed E-state index contributed by atoms with van der Waals surface area (Å²) in [6, 6.07) is 19.5. The molecule has 0 amide bonds. The number of ether oxygens (including phenoxy) is 1. The van der Waals surface area contributed by atoms with E-state index in [0.717, 1.165) is 0 Å². The summed E-state index contributed by atoms with van der Waals surface area (Å²) in [5.41, 5.74) is 1.39. The van der Waals surface area contributed by atoms with E-state index in [1.54, 1.807) is 66.7 Å². The molecule has 0 radical (unpaired) electrons. The molecule has 0 bridgehead atoms. The van der Waals surface area contributed by atoms with E-state index in [1.807, 2.05) is 0 Å². The summed E-state index contributed by atoms with van der Waals surface area (Å²) in [6.07, 6.45) is 0. The van der Waals surface area contributed by atoms with Gasteiger partial charge in [0.1, 0.15) is 10.6 Å². The molecule has 4 rings (SSSR count). The van der Waals surface area contributed by atoms with Crippen LogP contribution in [0.5, 0.6) is 5.75 Å². The maximum Gasteiger partial charge on any atom is 0.343 e. The summed E-state index contributed by atoms with van der Waals surface area (Å²) in [4.78, 5) is 12.4. The van der Waals surface area contributed by atoms with Gasteiger partial charge in [-0.1, -0.05) is 29.8 Å². The van der Waals surface area contributed by atoms with Gasteiger partial charge in [0.25, 0.3) is 10.0 Å². The standard InChI is InChI=1S/C20H13ClN2O4S/c21-14-10-8-13(9-11-14)20(24)27-16-5-3-4-15(12-16)22-19-17-6-1-2-7-18(17)28(25,26)23-19/h1-12H,(H,22,23). The van der Waals surface area contributed by atoms with E-state index in [1.165, 1.54) is 6.07 Å². The number of rotatable bonds is 3. The predicted molar refractivity (Wildman–Crippen MR) is 107 cm³/mol. The lowest BCUT2D eigenvalue weighted by atomic mass is 10.2. The number of hydrogen-bond donors (Lipinski definition) is 1. The normalized spacial score (nSPS) is 14.1. The zero-order valence-corrected chi connectivity index (χ0v) is 15.9. The van der Waals surface area contributed by atoms with Gasteiger partial charge in [-0.05, 0) is 48.5 Å². The molecule has 1 heterocycles. The average Bonchev–Trinajstić information content (AvgIpc) is 2.93. The first-order valence-corrected chi connectivity index (χ1v) is 10.0. The van der Waals surface area contributed by atoms with Gasteiger partial charge >= 0.3 is 5.97 Å². The van der Waals surface area contributed by atoms with Gasteiger partial charge in [-0.15, -0.1) is 4.40 Å². The number of esters is 1. The fourth-order valence-electron chi connectivity index (χ4n) is 2.72. The molecule has 0 aromatic heterocycles. The van der Waals surface area contributed by atoms with Gasteiger partial charge in [0.05, 0.1) is 5.56 Å². The van der Waals surface area contributed by atoms with Gasteiger partial charge in [-0.25, -0.2) is 4.79 Å². The molecule has 6 nitrogen and oxygen atoms in total. The van der Waals surface area contributed by atoms with Crippen molar-refractivity contribution in [2.24, 2.45) is 4.40 Å². The Labute approximate surface area is 166 Å². The second-order valence-electron chi connectivity index (χ2n) is 5.96. The van der Waals surface area contributed by atoms with E-state index >= 15 is 0 Å². The first kappa shape index (κ1) is 18.2. The van der Waals surface area contributed by atoms with Crippen molar-refractivity contribution in [3.8, 4) is 5.75 Å². The molecule has 8 heteroatoms. The van der Waals surface area contributed by atoms with Crippen molar-refractivity contribution in [2.45, 2.75) is 4.90 Å². The zero-order chi connectivity index (χ0) is 19.7. The Morgan fingerprint density at radius 1 is 0.964 bits per heavy atom. The molecular weight excluding hydrogens is 400 g/mol. The molecule has 0 unspecified atom stereocenters. The number of nitrogens with zero attached hydrogens (tertiary/aromatic N) is 1. The maximum absolute atomic E-state index is 12.2. The molecule has 0 aliphatic carbocycles. The van der Waals surface area contributed by atoms with Crippen LogP contribution in [0, 0.1) is 0 Å². The fourth-order valence-corrected chi connectivity index (χ4v) is 4.02.